The summed E-state index contributed by atoms with van der Waals surface area (Å²) in [6.45, 7) is 4.06. The van der Waals surface area contributed by atoms with Crippen molar-refractivity contribution in [2.24, 2.45) is 5.73 Å². The molecule has 0 saturated carbocycles. The molecule has 17 heavy (non-hydrogen) atoms. The second-order valence-corrected chi connectivity index (χ2v) is 4.50. The predicted molar refractivity (Wildman–Crippen MR) is 67.5 cm³/mol. The van der Waals surface area contributed by atoms with Crippen LogP contribution in [0.5, 0.6) is 11.5 Å². The second-order valence-electron chi connectivity index (χ2n) is 4.50. The van der Waals surface area contributed by atoms with Crippen LogP contribution in [0.4, 0.5) is 0 Å². The van der Waals surface area contributed by atoms with E-state index in [-0.39, 0.29) is 0 Å². The van der Waals surface area contributed by atoms with Gasteiger partial charge in [-0.05, 0) is 25.1 Å². The molecule has 0 aliphatic carbocycles. The monoisotopic (exact) mass is 236 g/mol. The van der Waals surface area contributed by atoms with Crippen LogP contribution in [0.15, 0.2) is 18.2 Å². The van der Waals surface area contributed by atoms with Gasteiger partial charge in [-0.25, -0.2) is 0 Å². The lowest BCUT2D eigenvalue weighted by Crippen LogP contribution is -2.56. The van der Waals surface area contributed by atoms with Gasteiger partial charge in [0.05, 0.1) is 14.2 Å². The van der Waals surface area contributed by atoms with Crippen molar-refractivity contribution in [2.45, 2.75) is 19.0 Å². The van der Waals surface area contributed by atoms with E-state index in [1.165, 1.54) is 0 Å². The number of ether oxygens (including phenoxy) is 2. The molecule has 1 aromatic rings. The molecule has 2 rings (SSSR count). The Kier molecular flexibility index (Phi) is 3.54. The lowest BCUT2D eigenvalue weighted by atomic mass is 10.00. The van der Waals surface area contributed by atoms with Crippen LogP contribution in [0.2, 0.25) is 0 Å². The molecule has 1 aliphatic heterocycles. The average Bonchev–Trinajstić information content (AvgIpc) is 2.33. The van der Waals surface area contributed by atoms with Gasteiger partial charge in [0.2, 0.25) is 0 Å². The Bertz CT molecular complexity index is 389. The van der Waals surface area contributed by atoms with Gasteiger partial charge in [-0.2, -0.15) is 0 Å². The maximum atomic E-state index is 5.81. The fraction of sp³-hybridized carbons (Fsp3) is 0.538. The van der Waals surface area contributed by atoms with E-state index in [0.717, 1.165) is 30.2 Å². The molecule has 2 N–H and O–H groups in total. The van der Waals surface area contributed by atoms with Gasteiger partial charge < -0.3 is 15.2 Å². The van der Waals surface area contributed by atoms with Gasteiger partial charge in [-0.3, -0.25) is 4.90 Å². The van der Waals surface area contributed by atoms with Crippen LogP contribution >= 0.6 is 0 Å². The summed E-state index contributed by atoms with van der Waals surface area (Å²) in [5.41, 5.74) is 6.97. The summed E-state index contributed by atoms with van der Waals surface area (Å²) in [7, 11) is 3.37. The Hall–Kier alpha value is -1.26. The zero-order valence-electron chi connectivity index (χ0n) is 10.6. The highest BCUT2D eigenvalue weighted by atomic mass is 16.5. The van der Waals surface area contributed by atoms with E-state index in [9.17, 15) is 0 Å². The fourth-order valence-electron chi connectivity index (χ4n) is 2.23. The largest absolute Gasteiger partial charge is 0.497 e. The molecule has 1 fully saturated rings. The quantitative estimate of drug-likeness (QED) is 0.858. The van der Waals surface area contributed by atoms with Gasteiger partial charge in [0.15, 0.2) is 0 Å². The van der Waals surface area contributed by atoms with Crippen molar-refractivity contribution in [3.05, 3.63) is 23.8 Å². The van der Waals surface area contributed by atoms with Gasteiger partial charge in [0.25, 0.3) is 0 Å². The van der Waals surface area contributed by atoms with Gasteiger partial charge in [0.1, 0.15) is 11.5 Å². The topological polar surface area (TPSA) is 47.7 Å². The molecule has 1 aliphatic rings. The third-order valence-electron chi connectivity index (χ3n) is 3.37. The summed E-state index contributed by atoms with van der Waals surface area (Å²) in [6.07, 6.45) is 0. The zero-order chi connectivity index (χ0) is 12.4. The molecule has 4 nitrogen and oxygen atoms in total. The fourth-order valence-corrected chi connectivity index (χ4v) is 2.23. The molecule has 1 heterocycles. The van der Waals surface area contributed by atoms with Crippen molar-refractivity contribution in [3.63, 3.8) is 0 Å². The molecular formula is C13H20N2O2. The molecule has 1 aromatic carbocycles. The smallest absolute Gasteiger partial charge is 0.123 e. The minimum Gasteiger partial charge on any atom is -0.497 e. The first-order chi connectivity index (χ1) is 8.15. The van der Waals surface area contributed by atoms with Crippen LogP contribution < -0.4 is 15.2 Å². The van der Waals surface area contributed by atoms with Gasteiger partial charge in [-0.15, -0.1) is 0 Å². The molecule has 0 aromatic heterocycles. The molecule has 0 spiro atoms. The van der Waals surface area contributed by atoms with Gasteiger partial charge in [-0.1, -0.05) is 0 Å². The molecule has 0 radical (unpaired) electrons. The molecule has 94 valence electrons. The Morgan fingerprint density at radius 2 is 2.00 bits per heavy atom. The first-order valence-electron chi connectivity index (χ1n) is 5.87. The molecule has 0 amide bonds. The summed E-state index contributed by atoms with van der Waals surface area (Å²) in [6, 6.07) is 6.52. The maximum Gasteiger partial charge on any atom is 0.123 e. The van der Waals surface area contributed by atoms with E-state index in [2.05, 4.69) is 11.8 Å². The van der Waals surface area contributed by atoms with Crippen molar-refractivity contribution in [1.82, 2.24) is 4.90 Å². The lowest BCUT2D eigenvalue weighted by molar-refractivity contribution is 0.102. The Morgan fingerprint density at radius 1 is 1.29 bits per heavy atom. The van der Waals surface area contributed by atoms with Crippen molar-refractivity contribution in [2.75, 3.05) is 27.3 Å². The van der Waals surface area contributed by atoms with Gasteiger partial charge >= 0.3 is 0 Å². The third kappa shape index (κ3) is 2.37. The number of methoxy groups -OCH3 is 2. The molecular weight excluding hydrogens is 216 g/mol. The van der Waals surface area contributed by atoms with E-state index in [4.69, 9.17) is 15.2 Å². The van der Waals surface area contributed by atoms with Crippen LogP contribution in [-0.2, 0) is 0 Å². The van der Waals surface area contributed by atoms with E-state index in [0.29, 0.717) is 12.1 Å². The van der Waals surface area contributed by atoms with Crippen LogP contribution in [-0.4, -0.2) is 38.3 Å². The molecule has 4 heteroatoms. The number of likely N-dealkylation sites (tertiary alicyclic amines) is 1. The number of hydrogen-bond donors (Lipinski definition) is 1. The summed E-state index contributed by atoms with van der Waals surface area (Å²) in [5, 5.41) is 0. The lowest BCUT2D eigenvalue weighted by Gasteiger charge is -2.41. The molecule has 1 saturated heterocycles. The molecule has 1 atom stereocenters. The summed E-state index contributed by atoms with van der Waals surface area (Å²) in [5.74, 6) is 1.76. The summed E-state index contributed by atoms with van der Waals surface area (Å²) < 4.78 is 10.7. The van der Waals surface area contributed by atoms with Crippen LogP contribution in [0.25, 0.3) is 0 Å². The van der Waals surface area contributed by atoms with Gasteiger partial charge in [0, 0.05) is 30.7 Å². The van der Waals surface area contributed by atoms with Crippen molar-refractivity contribution in [3.8, 4) is 11.5 Å². The molecule has 0 bridgehead atoms. The Balaban J connectivity index is 2.22. The predicted octanol–water partition coefficient (Wildman–Crippen LogP) is 1.41. The average molecular weight is 236 g/mol. The number of nitrogens with zero attached hydrogens (tertiary/aromatic N) is 1. The number of nitrogens with two attached hydrogens (primary N) is 1. The molecule has 1 unspecified atom stereocenters. The maximum absolute atomic E-state index is 5.81. The van der Waals surface area contributed by atoms with Crippen LogP contribution in [0.1, 0.15) is 18.5 Å². The van der Waals surface area contributed by atoms with Crippen molar-refractivity contribution >= 4 is 0 Å². The number of benzene rings is 1. The van der Waals surface area contributed by atoms with Crippen molar-refractivity contribution in [1.29, 1.82) is 0 Å². The van der Waals surface area contributed by atoms with E-state index >= 15 is 0 Å². The first-order valence-corrected chi connectivity index (χ1v) is 5.87. The third-order valence-corrected chi connectivity index (χ3v) is 3.37. The minimum atomic E-state index is 0.305. The number of rotatable bonds is 4. The number of hydrogen-bond acceptors (Lipinski definition) is 4. The zero-order valence-corrected chi connectivity index (χ0v) is 10.6. The standard InChI is InChI=1S/C13H20N2O2/c1-9(15-7-10(14)8-15)12-6-11(16-2)4-5-13(12)17-3/h4-6,9-10H,7-8,14H2,1-3H3. The Labute approximate surface area is 102 Å². The Morgan fingerprint density at radius 3 is 2.53 bits per heavy atom. The van der Waals surface area contributed by atoms with Crippen LogP contribution in [0, 0.1) is 0 Å². The first kappa shape index (κ1) is 12.2. The normalized spacial score (nSPS) is 18.6. The highest BCUT2D eigenvalue weighted by molar-refractivity contribution is 5.42. The minimum absolute atomic E-state index is 0.305. The van der Waals surface area contributed by atoms with E-state index in [1.54, 1.807) is 14.2 Å². The second kappa shape index (κ2) is 4.94. The summed E-state index contributed by atoms with van der Waals surface area (Å²) in [4.78, 5) is 2.34. The highest BCUT2D eigenvalue weighted by Crippen LogP contribution is 2.34. The summed E-state index contributed by atoms with van der Waals surface area (Å²) >= 11 is 0. The highest BCUT2D eigenvalue weighted by Gasteiger charge is 2.29. The van der Waals surface area contributed by atoms with E-state index in [1.807, 2.05) is 18.2 Å². The van der Waals surface area contributed by atoms with E-state index < -0.39 is 0 Å². The van der Waals surface area contributed by atoms with Crippen molar-refractivity contribution < 1.29 is 9.47 Å². The van der Waals surface area contributed by atoms with Crippen LogP contribution in [0.3, 0.4) is 0 Å². The SMILES string of the molecule is COc1ccc(OC)c(C(C)N2CC(N)C2)c1.